The third kappa shape index (κ3) is 2.61. The molecule has 0 radical (unpaired) electrons. The summed E-state index contributed by atoms with van der Waals surface area (Å²) in [5.74, 6) is 0.890. The zero-order chi connectivity index (χ0) is 9.68. The van der Waals surface area contributed by atoms with Gasteiger partial charge in [0.25, 0.3) is 5.56 Å². The van der Waals surface area contributed by atoms with E-state index in [1.54, 1.807) is 23.7 Å². The lowest BCUT2D eigenvalue weighted by atomic mass is 10.3. The summed E-state index contributed by atoms with van der Waals surface area (Å²) in [4.78, 5) is 11.2. The van der Waals surface area contributed by atoms with Gasteiger partial charge >= 0.3 is 0 Å². The van der Waals surface area contributed by atoms with E-state index in [9.17, 15) is 4.79 Å². The van der Waals surface area contributed by atoms with Crippen LogP contribution < -0.4 is 10.9 Å². The monoisotopic (exact) mass is 180 g/mol. The third-order valence-electron chi connectivity index (χ3n) is 2.02. The first kappa shape index (κ1) is 9.84. The van der Waals surface area contributed by atoms with Gasteiger partial charge < -0.3 is 5.32 Å². The highest BCUT2D eigenvalue weighted by atomic mass is 16.1. The van der Waals surface area contributed by atoms with E-state index in [0.717, 1.165) is 25.2 Å². The molecule has 13 heavy (non-hydrogen) atoms. The van der Waals surface area contributed by atoms with E-state index in [1.807, 2.05) is 6.07 Å². The maximum atomic E-state index is 11.2. The predicted molar refractivity (Wildman–Crippen MR) is 55.1 cm³/mol. The molecule has 3 heteroatoms. The number of hydrogen-bond donors (Lipinski definition) is 1. The summed E-state index contributed by atoms with van der Waals surface area (Å²) < 4.78 is 1.62. The van der Waals surface area contributed by atoms with Crippen LogP contribution in [0.3, 0.4) is 0 Å². The molecule has 1 heterocycles. The Morgan fingerprint density at radius 1 is 1.46 bits per heavy atom. The quantitative estimate of drug-likeness (QED) is 0.714. The Morgan fingerprint density at radius 3 is 2.92 bits per heavy atom. The summed E-state index contributed by atoms with van der Waals surface area (Å²) in [5.41, 5.74) is 0.0292. The van der Waals surface area contributed by atoms with Crippen molar-refractivity contribution in [2.45, 2.75) is 19.8 Å². The number of aromatic nitrogens is 1. The van der Waals surface area contributed by atoms with E-state index in [2.05, 4.69) is 12.2 Å². The van der Waals surface area contributed by atoms with Crippen LogP contribution in [0.4, 0.5) is 5.82 Å². The number of unbranched alkanes of at least 4 members (excludes halogenated alkanes) is 1. The lowest BCUT2D eigenvalue weighted by Crippen LogP contribution is -2.19. The van der Waals surface area contributed by atoms with Crippen LogP contribution in [0, 0.1) is 0 Å². The average Bonchev–Trinajstić information content (AvgIpc) is 2.13. The van der Waals surface area contributed by atoms with Crippen molar-refractivity contribution < 1.29 is 0 Å². The van der Waals surface area contributed by atoms with Crippen LogP contribution in [-0.2, 0) is 7.05 Å². The Hall–Kier alpha value is -1.25. The molecule has 0 amide bonds. The van der Waals surface area contributed by atoms with Crippen LogP contribution in [0.5, 0.6) is 0 Å². The molecular formula is C10H16N2O. The fraction of sp³-hybridized carbons (Fsp3) is 0.500. The van der Waals surface area contributed by atoms with Crippen molar-refractivity contribution in [2.75, 3.05) is 11.9 Å². The van der Waals surface area contributed by atoms with E-state index in [4.69, 9.17) is 0 Å². The van der Waals surface area contributed by atoms with Gasteiger partial charge in [0.1, 0.15) is 5.82 Å². The van der Waals surface area contributed by atoms with Gasteiger partial charge in [-0.2, -0.15) is 0 Å². The highest BCUT2D eigenvalue weighted by Crippen LogP contribution is 2.01. The molecule has 1 N–H and O–H groups in total. The second kappa shape index (κ2) is 4.70. The van der Waals surface area contributed by atoms with Crippen LogP contribution in [-0.4, -0.2) is 11.1 Å². The molecule has 0 saturated carbocycles. The van der Waals surface area contributed by atoms with E-state index in [1.165, 1.54) is 0 Å². The molecule has 72 valence electrons. The molecular weight excluding hydrogens is 164 g/mol. The normalized spacial score (nSPS) is 10.0. The molecule has 3 nitrogen and oxygen atoms in total. The number of anilines is 1. The zero-order valence-corrected chi connectivity index (χ0v) is 8.21. The second-order valence-corrected chi connectivity index (χ2v) is 3.09. The van der Waals surface area contributed by atoms with Gasteiger partial charge in [-0.15, -0.1) is 0 Å². The average molecular weight is 180 g/mol. The first-order valence-electron chi connectivity index (χ1n) is 4.65. The Bertz CT molecular complexity index is 317. The smallest absolute Gasteiger partial charge is 0.251 e. The van der Waals surface area contributed by atoms with Gasteiger partial charge in [0.15, 0.2) is 0 Å². The maximum absolute atomic E-state index is 11.2. The Balaban J connectivity index is 2.66. The van der Waals surface area contributed by atoms with Crippen molar-refractivity contribution in [3.8, 4) is 0 Å². The van der Waals surface area contributed by atoms with Gasteiger partial charge in [-0.25, -0.2) is 0 Å². The van der Waals surface area contributed by atoms with Gasteiger partial charge in [-0.1, -0.05) is 19.4 Å². The predicted octanol–water partition coefficient (Wildman–Crippen LogP) is 1.60. The number of pyridine rings is 1. The van der Waals surface area contributed by atoms with E-state index >= 15 is 0 Å². The van der Waals surface area contributed by atoms with Gasteiger partial charge in [-0.3, -0.25) is 9.36 Å². The molecule has 0 aliphatic heterocycles. The van der Waals surface area contributed by atoms with Crippen LogP contribution >= 0.6 is 0 Å². The molecule has 1 aromatic rings. The minimum Gasteiger partial charge on any atom is -0.371 e. The minimum atomic E-state index is 0.0292. The lowest BCUT2D eigenvalue weighted by molar-refractivity contribution is 0.803. The molecule has 1 aromatic heterocycles. The number of hydrogen-bond acceptors (Lipinski definition) is 2. The first-order valence-corrected chi connectivity index (χ1v) is 4.65. The third-order valence-corrected chi connectivity index (χ3v) is 2.02. The molecule has 0 fully saturated rings. The van der Waals surface area contributed by atoms with Gasteiger partial charge in [0.2, 0.25) is 0 Å². The van der Waals surface area contributed by atoms with Gasteiger partial charge in [-0.05, 0) is 12.5 Å². The Kier molecular flexibility index (Phi) is 3.55. The highest BCUT2D eigenvalue weighted by molar-refractivity contribution is 5.34. The summed E-state index contributed by atoms with van der Waals surface area (Å²) in [6.07, 6.45) is 2.29. The first-order chi connectivity index (χ1) is 6.25. The Labute approximate surface area is 78.4 Å². The van der Waals surface area contributed by atoms with Crippen LogP contribution in [0.15, 0.2) is 23.0 Å². The molecule has 0 bridgehead atoms. The molecule has 0 atom stereocenters. The largest absolute Gasteiger partial charge is 0.371 e. The van der Waals surface area contributed by atoms with Crippen molar-refractivity contribution in [3.05, 3.63) is 28.6 Å². The lowest BCUT2D eigenvalue weighted by Gasteiger charge is -2.09. The second-order valence-electron chi connectivity index (χ2n) is 3.09. The number of nitrogens with one attached hydrogen (secondary N) is 1. The number of rotatable bonds is 4. The summed E-state index contributed by atoms with van der Waals surface area (Å²) in [5, 5.41) is 3.22. The highest BCUT2D eigenvalue weighted by Gasteiger charge is 1.95. The van der Waals surface area contributed by atoms with E-state index < -0.39 is 0 Å². The van der Waals surface area contributed by atoms with Crippen molar-refractivity contribution in [1.29, 1.82) is 0 Å². The van der Waals surface area contributed by atoms with Crippen molar-refractivity contribution in [3.63, 3.8) is 0 Å². The summed E-state index contributed by atoms with van der Waals surface area (Å²) >= 11 is 0. The van der Waals surface area contributed by atoms with Gasteiger partial charge in [0.05, 0.1) is 0 Å². The molecule has 1 rings (SSSR count). The van der Waals surface area contributed by atoms with Crippen LogP contribution in [0.1, 0.15) is 19.8 Å². The molecule has 0 aliphatic rings. The van der Waals surface area contributed by atoms with Gasteiger partial charge in [0, 0.05) is 19.7 Å². The van der Waals surface area contributed by atoms with Crippen molar-refractivity contribution in [1.82, 2.24) is 4.57 Å². The molecule has 0 aliphatic carbocycles. The topological polar surface area (TPSA) is 34.0 Å². The van der Waals surface area contributed by atoms with E-state index in [-0.39, 0.29) is 5.56 Å². The summed E-state index contributed by atoms with van der Waals surface area (Å²) in [7, 11) is 1.77. The molecule has 0 spiro atoms. The van der Waals surface area contributed by atoms with Crippen molar-refractivity contribution >= 4 is 5.82 Å². The summed E-state index contributed by atoms with van der Waals surface area (Å²) in [6.45, 7) is 3.07. The molecule has 0 aromatic carbocycles. The molecule has 0 saturated heterocycles. The fourth-order valence-corrected chi connectivity index (χ4v) is 1.13. The van der Waals surface area contributed by atoms with E-state index in [0.29, 0.717) is 0 Å². The minimum absolute atomic E-state index is 0.0292. The Morgan fingerprint density at radius 2 is 2.23 bits per heavy atom. The van der Waals surface area contributed by atoms with Crippen LogP contribution in [0.2, 0.25) is 0 Å². The fourth-order valence-electron chi connectivity index (χ4n) is 1.13. The standard InChI is InChI=1S/C10H16N2O/c1-3-4-8-11-9-6-5-7-10(13)12(9)2/h5-7,11H,3-4,8H2,1-2H3. The maximum Gasteiger partial charge on any atom is 0.251 e. The SMILES string of the molecule is CCCCNc1cccc(=O)n1C. The zero-order valence-electron chi connectivity index (χ0n) is 8.21. The molecule has 0 unspecified atom stereocenters. The summed E-state index contributed by atoms with van der Waals surface area (Å²) in [6, 6.07) is 5.25. The van der Waals surface area contributed by atoms with Crippen molar-refractivity contribution in [2.24, 2.45) is 7.05 Å². The van der Waals surface area contributed by atoms with Crippen LogP contribution in [0.25, 0.3) is 0 Å². The number of nitrogens with zero attached hydrogens (tertiary/aromatic N) is 1.